The van der Waals surface area contributed by atoms with Crippen LogP contribution in [0.25, 0.3) is 0 Å². The first-order valence-corrected chi connectivity index (χ1v) is 6.01. The van der Waals surface area contributed by atoms with E-state index in [4.69, 9.17) is 23.2 Å². The molecule has 0 bridgehead atoms. The van der Waals surface area contributed by atoms with Crippen molar-refractivity contribution in [3.8, 4) is 0 Å². The fourth-order valence-corrected chi connectivity index (χ4v) is 1.78. The van der Waals surface area contributed by atoms with E-state index in [1.54, 1.807) is 18.2 Å². The first kappa shape index (κ1) is 12.2. The molecule has 1 aromatic heterocycles. The summed E-state index contributed by atoms with van der Waals surface area (Å²) in [7, 11) is 0. The van der Waals surface area contributed by atoms with Crippen molar-refractivity contribution in [3.63, 3.8) is 0 Å². The van der Waals surface area contributed by atoms with Crippen LogP contribution in [-0.4, -0.2) is 4.98 Å². The normalized spacial score (nSPS) is 10.3. The maximum absolute atomic E-state index is 6.05. The molecule has 2 rings (SSSR count). The molecule has 2 aromatic rings. The summed E-state index contributed by atoms with van der Waals surface area (Å²) in [6, 6.07) is 9.36. The van der Waals surface area contributed by atoms with Gasteiger partial charge in [-0.2, -0.15) is 0 Å². The van der Waals surface area contributed by atoms with Crippen LogP contribution in [0, 0.1) is 6.92 Å². The first-order valence-electron chi connectivity index (χ1n) is 5.25. The Balaban J connectivity index is 2.07. The molecule has 1 N–H and O–H groups in total. The van der Waals surface area contributed by atoms with Gasteiger partial charge in [0.15, 0.2) is 0 Å². The lowest BCUT2D eigenvalue weighted by molar-refractivity contribution is 1.04. The van der Waals surface area contributed by atoms with E-state index in [0.717, 1.165) is 16.9 Å². The third-order valence-corrected chi connectivity index (χ3v) is 2.93. The predicted molar refractivity (Wildman–Crippen MR) is 72.8 cm³/mol. The van der Waals surface area contributed by atoms with Gasteiger partial charge in [-0.25, -0.2) is 0 Å². The Hall–Kier alpha value is -1.25. The molecule has 88 valence electrons. The third kappa shape index (κ3) is 3.35. The highest BCUT2D eigenvalue weighted by Gasteiger charge is 2.01. The summed E-state index contributed by atoms with van der Waals surface area (Å²) in [5.41, 5.74) is 2.93. The number of anilines is 1. The lowest BCUT2D eigenvalue weighted by atomic mass is 10.2. The molecule has 1 aromatic carbocycles. The van der Waals surface area contributed by atoms with Crippen molar-refractivity contribution >= 4 is 28.9 Å². The fourth-order valence-electron chi connectivity index (χ4n) is 1.42. The summed E-state index contributed by atoms with van der Waals surface area (Å²) in [5, 5.41) is 4.53. The summed E-state index contributed by atoms with van der Waals surface area (Å²) in [6.07, 6.45) is 1.84. The Bertz CT molecular complexity index is 509. The van der Waals surface area contributed by atoms with Crippen LogP contribution in [-0.2, 0) is 6.54 Å². The predicted octanol–water partition coefficient (Wildman–Crippen LogP) is 4.31. The second kappa shape index (κ2) is 5.39. The van der Waals surface area contributed by atoms with E-state index in [1.807, 2.05) is 25.3 Å². The van der Waals surface area contributed by atoms with Gasteiger partial charge >= 0.3 is 0 Å². The maximum Gasteiger partial charge on any atom is 0.0638 e. The summed E-state index contributed by atoms with van der Waals surface area (Å²) < 4.78 is 0. The molecule has 1 heterocycles. The van der Waals surface area contributed by atoms with Crippen LogP contribution in [0.1, 0.15) is 11.3 Å². The molecule has 4 heteroatoms. The zero-order chi connectivity index (χ0) is 12.3. The van der Waals surface area contributed by atoms with E-state index in [1.165, 1.54) is 0 Å². The van der Waals surface area contributed by atoms with Crippen LogP contribution in [0.15, 0.2) is 36.5 Å². The average molecular weight is 267 g/mol. The molecule has 17 heavy (non-hydrogen) atoms. The average Bonchev–Trinajstić information content (AvgIpc) is 2.32. The number of rotatable bonds is 3. The van der Waals surface area contributed by atoms with Crippen LogP contribution >= 0.6 is 23.2 Å². The van der Waals surface area contributed by atoms with Gasteiger partial charge in [-0.3, -0.25) is 4.98 Å². The number of halogens is 2. The van der Waals surface area contributed by atoms with Crippen molar-refractivity contribution in [1.82, 2.24) is 4.98 Å². The molecule has 0 unspecified atom stereocenters. The van der Waals surface area contributed by atoms with Crippen LogP contribution in [0.4, 0.5) is 5.69 Å². The van der Waals surface area contributed by atoms with Crippen molar-refractivity contribution in [2.45, 2.75) is 13.5 Å². The highest BCUT2D eigenvalue weighted by atomic mass is 35.5. The van der Waals surface area contributed by atoms with E-state index in [2.05, 4.69) is 10.3 Å². The Morgan fingerprint density at radius 3 is 2.71 bits per heavy atom. The SMILES string of the molecule is Cc1ccc(CNc2cc(Cl)ccc2Cl)nc1. The summed E-state index contributed by atoms with van der Waals surface area (Å²) in [5.74, 6) is 0. The molecular formula is C13H12Cl2N2. The van der Waals surface area contributed by atoms with Gasteiger partial charge in [-0.1, -0.05) is 29.3 Å². The number of nitrogens with one attached hydrogen (secondary N) is 1. The highest BCUT2D eigenvalue weighted by Crippen LogP contribution is 2.25. The minimum absolute atomic E-state index is 0.625. The summed E-state index contributed by atoms with van der Waals surface area (Å²) >= 11 is 12.0. The first-order chi connectivity index (χ1) is 8.15. The molecule has 0 spiro atoms. The Kier molecular flexibility index (Phi) is 3.87. The van der Waals surface area contributed by atoms with Crippen molar-refractivity contribution in [3.05, 3.63) is 57.8 Å². The quantitative estimate of drug-likeness (QED) is 0.896. The van der Waals surface area contributed by atoms with Crippen molar-refractivity contribution < 1.29 is 0 Å². The molecule has 0 amide bonds. The molecule has 0 saturated carbocycles. The largest absolute Gasteiger partial charge is 0.378 e. The number of nitrogens with zero attached hydrogens (tertiary/aromatic N) is 1. The highest BCUT2D eigenvalue weighted by molar-refractivity contribution is 6.35. The lowest BCUT2D eigenvalue weighted by Crippen LogP contribution is -2.01. The van der Waals surface area contributed by atoms with Crippen molar-refractivity contribution in [2.24, 2.45) is 0 Å². The number of hydrogen-bond acceptors (Lipinski definition) is 2. The van der Waals surface area contributed by atoms with Crippen molar-refractivity contribution in [2.75, 3.05) is 5.32 Å². The smallest absolute Gasteiger partial charge is 0.0638 e. The second-order valence-corrected chi connectivity index (χ2v) is 4.65. The molecule has 0 aliphatic carbocycles. The number of aryl methyl sites for hydroxylation is 1. The van der Waals surface area contributed by atoms with Gasteiger partial charge in [0.25, 0.3) is 0 Å². The van der Waals surface area contributed by atoms with Crippen molar-refractivity contribution in [1.29, 1.82) is 0 Å². The van der Waals surface area contributed by atoms with E-state index in [0.29, 0.717) is 16.6 Å². The zero-order valence-electron chi connectivity index (χ0n) is 9.37. The van der Waals surface area contributed by atoms with Gasteiger partial charge in [0.05, 0.1) is 22.9 Å². The molecule has 0 radical (unpaired) electrons. The van der Waals surface area contributed by atoms with Crippen LogP contribution in [0.2, 0.25) is 10.0 Å². The molecular weight excluding hydrogens is 255 g/mol. The molecule has 0 aliphatic heterocycles. The van der Waals surface area contributed by atoms with Crippen LogP contribution in [0.5, 0.6) is 0 Å². The van der Waals surface area contributed by atoms with E-state index >= 15 is 0 Å². The Labute approximate surface area is 111 Å². The zero-order valence-corrected chi connectivity index (χ0v) is 10.9. The van der Waals surface area contributed by atoms with Gasteiger partial charge in [0.2, 0.25) is 0 Å². The van der Waals surface area contributed by atoms with E-state index in [-0.39, 0.29) is 0 Å². The van der Waals surface area contributed by atoms with Gasteiger partial charge in [-0.15, -0.1) is 0 Å². The maximum atomic E-state index is 6.05. The monoisotopic (exact) mass is 266 g/mol. The Morgan fingerprint density at radius 2 is 2.00 bits per heavy atom. The van der Waals surface area contributed by atoms with E-state index < -0.39 is 0 Å². The minimum Gasteiger partial charge on any atom is -0.378 e. The second-order valence-electron chi connectivity index (χ2n) is 3.80. The Morgan fingerprint density at radius 1 is 1.18 bits per heavy atom. The third-order valence-electron chi connectivity index (χ3n) is 2.36. The number of aromatic nitrogens is 1. The number of pyridine rings is 1. The standard InChI is InChI=1S/C13H12Cl2N2/c1-9-2-4-11(16-7-9)8-17-13-6-10(14)3-5-12(13)15/h2-7,17H,8H2,1H3. The molecule has 0 atom stereocenters. The number of benzene rings is 1. The van der Waals surface area contributed by atoms with E-state index in [9.17, 15) is 0 Å². The fraction of sp³-hybridized carbons (Fsp3) is 0.154. The summed E-state index contributed by atoms with van der Waals surface area (Å²) in [6.45, 7) is 2.64. The summed E-state index contributed by atoms with van der Waals surface area (Å²) in [4.78, 5) is 4.31. The van der Waals surface area contributed by atoms with Crippen LogP contribution in [0.3, 0.4) is 0 Å². The number of hydrogen-bond donors (Lipinski definition) is 1. The van der Waals surface area contributed by atoms with Crippen LogP contribution < -0.4 is 5.32 Å². The molecule has 0 aliphatic rings. The molecule has 0 fully saturated rings. The lowest BCUT2D eigenvalue weighted by Gasteiger charge is -2.08. The molecule has 0 saturated heterocycles. The van der Waals surface area contributed by atoms with Gasteiger partial charge < -0.3 is 5.32 Å². The van der Waals surface area contributed by atoms with Gasteiger partial charge in [0.1, 0.15) is 0 Å². The van der Waals surface area contributed by atoms with Gasteiger partial charge in [-0.05, 0) is 36.8 Å². The minimum atomic E-state index is 0.625. The molecule has 2 nitrogen and oxygen atoms in total. The van der Waals surface area contributed by atoms with Gasteiger partial charge in [0, 0.05) is 11.2 Å². The topological polar surface area (TPSA) is 24.9 Å².